The lowest BCUT2D eigenvalue weighted by atomic mass is 10.2. The standard InChI is InChI=1S/C12H12N4O2S/c1-15-8-12(14-9-15)19(17,18)16(2)11-6-4-3-5-10(11)7-13/h3-6,8-9H,1-2H3. The number of nitrogens with zero attached hydrogens (tertiary/aromatic N) is 4. The highest BCUT2D eigenvalue weighted by Gasteiger charge is 2.25. The van der Waals surface area contributed by atoms with Gasteiger partial charge in [0.1, 0.15) is 6.07 Å². The minimum absolute atomic E-state index is 0.0507. The van der Waals surface area contributed by atoms with Gasteiger partial charge in [0.05, 0.1) is 17.6 Å². The lowest BCUT2D eigenvalue weighted by Crippen LogP contribution is -2.27. The van der Waals surface area contributed by atoms with E-state index in [9.17, 15) is 8.42 Å². The van der Waals surface area contributed by atoms with Gasteiger partial charge in [-0.2, -0.15) is 13.7 Å². The van der Waals surface area contributed by atoms with Crippen LogP contribution in [0.5, 0.6) is 0 Å². The molecule has 1 aromatic carbocycles. The van der Waals surface area contributed by atoms with Crippen LogP contribution in [0.3, 0.4) is 0 Å². The van der Waals surface area contributed by atoms with E-state index in [2.05, 4.69) is 4.98 Å². The molecule has 6 nitrogen and oxygen atoms in total. The SMILES string of the molecule is CN(c1ccccc1C#N)S(=O)(=O)c1cn(C)cn1. The molecule has 0 fully saturated rings. The largest absolute Gasteiger partial charge is 0.339 e. The molecule has 0 saturated carbocycles. The molecule has 2 rings (SSSR count). The molecule has 0 saturated heterocycles. The van der Waals surface area contributed by atoms with E-state index in [0.717, 1.165) is 4.31 Å². The maximum atomic E-state index is 12.4. The number of benzene rings is 1. The second kappa shape index (κ2) is 4.74. The van der Waals surface area contributed by atoms with Crippen LogP contribution in [0, 0.1) is 11.3 Å². The molecule has 7 heteroatoms. The quantitative estimate of drug-likeness (QED) is 0.841. The third-order valence-corrected chi connectivity index (χ3v) is 4.33. The Labute approximate surface area is 111 Å². The summed E-state index contributed by atoms with van der Waals surface area (Å²) >= 11 is 0. The highest BCUT2D eigenvalue weighted by Crippen LogP contribution is 2.24. The zero-order valence-electron chi connectivity index (χ0n) is 10.5. The van der Waals surface area contributed by atoms with Gasteiger partial charge in [-0.3, -0.25) is 4.31 Å². The third-order valence-electron chi connectivity index (χ3n) is 2.67. The first-order valence-corrected chi connectivity index (χ1v) is 6.87. The second-order valence-electron chi connectivity index (χ2n) is 3.98. The third kappa shape index (κ3) is 2.30. The van der Waals surface area contributed by atoms with E-state index in [1.54, 1.807) is 35.9 Å². The van der Waals surface area contributed by atoms with Crippen LogP contribution < -0.4 is 4.31 Å². The molecule has 0 amide bonds. The van der Waals surface area contributed by atoms with Gasteiger partial charge in [0, 0.05) is 20.3 Å². The van der Waals surface area contributed by atoms with Gasteiger partial charge in [0.15, 0.2) is 5.03 Å². The molecule has 19 heavy (non-hydrogen) atoms. The molecule has 0 aliphatic heterocycles. The summed E-state index contributed by atoms with van der Waals surface area (Å²) in [5.41, 5.74) is 0.625. The second-order valence-corrected chi connectivity index (χ2v) is 5.89. The van der Waals surface area contributed by atoms with Gasteiger partial charge in [-0.15, -0.1) is 0 Å². The van der Waals surface area contributed by atoms with Gasteiger partial charge in [-0.25, -0.2) is 4.98 Å². The molecule has 98 valence electrons. The minimum atomic E-state index is -3.75. The number of anilines is 1. The first-order valence-electron chi connectivity index (χ1n) is 5.43. The molecule has 0 aliphatic rings. The van der Waals surface area contributed by atoms with E-state index in [4.69, 9.17) is 5.26 Å². The summed E-state index contributed by atoms with van der Waals surface area (Å²) in [6.07, 6.45) is 2.83. The molecule has 2 aromatic rings. The van der Waals surface area contributed by atoms with Crippen LogP contribution in [0.2, 0.25) is 0 Å². The lowest BCUT2D eigenvalue weighted by molar-refractivity contribution is 0.591. The Kier molecular flexibility index (Phi) is 3.27. The fraction of sp³-hybridized carbons (Fsp3) is 0.167. The fourth-order valence-corrected chi connectivity index (χ4v) is 2.81. The van der Waals surface area contributed by atoms with Crippen molar-refractivity contribution < 1.29 is 8.42 Å². The summed E-state index contributed by atoms with van der Waals surface area (Å²) in [4.78, 5) is 3.84. The molecule has 0 bridgehead atoms. The van der Waals surface area contributed by atoms with Gasteiger partial charge in [-0.1, -0.05) is 12.1 Å². The Morgan fingerprint density at radius 2 is 2.05 bits per heavy atom. The predicted octanol–water partition coefficient (Wildman–Crippen LogP) is 1.12. The molecule has 1 aromatic heterocycles. The van der Waals surface area contributed by atoms with Crippen molar-refractivity contribution in [3.05, 3.63) is 42.4 Å². The van der Waals surface area contributed by atoms with Gasteiger partial charge >= 0.3 is 0 Å². The molecule has 0 unspecified atom stereocenters. The predicted molar refractivity (Wildman–Crippen MR) is 70.0 cm³/mol. The highest BCUT2D eigenvalue weighted by molar-refractivity contribution is 7.92. The van der Waals surface area contributed by atoms with Crippen molar-refractivity contribution in [2.24, 2.45) is 7.05 Å². The van der Waals surface area contributed by atoms with Crippen molar-refractivity contribution in [1.82, 2.24) is 9.55 Å². The number of imidazole rings is 1. The summed E-state index contributed by atoms with van der Waals surface area (Å²) in [6.45, 7) is 0. The topological polar surface area (TPSA) is 79.0 Å². The molecule has 0 radical (unpaired) electrons. The summed E-state index contributed by atoms with van der Waals surface area (Å²) < 4.78 is 27.3. The van der Waals surface area contributed by atoms with Crippen molar-refractivity contribution in [3.63, 3.8) is 0 Å². The molecule has 0 N–H and O–H groups in total. The maximum absolute atomic E-state index is 12.4. The summed E-state index contributed by atoms with van der Waals surface area (Å²) in [7, 11) is -0.661. The molecular formula is C12H12N4O2S. The summed E-state index contributed by atoms with van der Waals surface area (Å²) in [6, 6.07) is 8.49. The zero-order valence-corrected chi connectivity index (χ0v) is 11.3. The first kappa shape index (κ1) is 13.1. The number of sulfonamides is 1. The summed E-state index contributed by atoms with van der Waals surface area (Å²) in [5, 5.41) is 8.97. The number of hydrogen-bond acceptors (Lipinski definition) is 4. The zero-order chi connectivity index (χ0) is 14.0. The Morgan fingerprint density at radius 3 is 2.63 bits per heavy atom. The van der Waals surface area contributed by atoms with Crippen molar-refractivity contribution in [1.29, 1.82) is 5.26 Å². The van der Waals surface area contributed by atoms with Gasteiger partial charge in [-0.05, 0) is 12.1 Å². The van der Waals surface area contributed by atoms with E-state index in [1.807, 2.05) is 6.07 Å². The number of para-hydroxylation sites is 1. The molecule has 0 atom stereocenters. The molecule has 0 spiro atoms. The number of nitriles is 1. The smallest absolute Gasteiger partial charge is 0.283 e. The lowest BCUT2D eigenvalue weighted by Gasteiger charge is -2.18. The van der Waals surface area contributed by atoms with E-state index < -0.39 is 10.0 Å². The average Bonchev–Trinajstić information content (AvgIpc) is 2.85. The van der Waals surface area contributed by atoms with Crippen LogP contribution in [0.25, 0.3) is 0 Å². The van der Waals surface area contributed by atoms with Crippen molar-refractivity contribution in [2.45, 2.75) is 5.03 Å². The van der Waals surface area contributed by atoms with Crippen LogP contribution in [0.4, 0.5) is 5.69 Å². The summed E-state index contributed by atoms with van der Waals surface area (Å²) in [5.74, 6) is 0. The van der Waals surface area contributed by atoms with Crippen LogP contribution in [0.15, 0.2) is 41.8 Å². The Balaban J connectivity index is 2.50. The van der Waals surface area contributed by atoms with Crippen LogP contribution in [-0.4, -0.2) is 25.0 Å². The number of hydrogen-bond donors (Lipinski definition) is 0. The normalized spacial score (nSPS) is 11.0. The Hall–Kier alpha value is -2.33. The number of rotatable bonds is 3. The molecular weight excluding hydrogens is 264 g/mol. The fourth-order valence-electron chi connectivity index (χ4n) is 1.63. The minimum Gasteiger partial charge on any atom is -0.339 e. The van der Waals surface area contributed by atoms with E-state index in [0.29, 0.717) is 11.3 Å². The van der Waals surface area contributed by atoms with Crippen molar-refractivity contribution in [2.75, 3.05) is 11.4 Å². The monoisotopic (exact) mass is 276 g/mol. The van der Waals surface area contributed by atoms with Crippen molar-refractivity contribution in [3.8, 4) is 6.07 Å². The Bertz CT molecular complexity index is 743. The van der Waals surface area contributed by atoms with Gasteiger partial charge in [0.2, 0.25) is 0 Å². The van der Waals surface area contributed by atoms with Gasteiger partial charge in [0.25, 0.3) is 10.0 Å². The average molecular weight is 276 g/mol. The molecule has 0 aliphatic carbocycles. The first-order chi connectivity index (χ1) is 8.96. The van der Waals surface area contributed by atoms with Crippen LogP contribution in [0.1, 0.15) is 5.56 Å². The van der Waals surface area contributed by atoms with Crippen molar-refractivity contribution >= 4 is 15.7 Å². The number of aryl methyl sites for hydroxylation is 1. The van der Waals surface area contributed by atoms with Gasteiger partial charge < -0.3 is 4.57 Å². The van der Waals surface area contributed by atoms with Crippen LogP contribution >= 0.6 is 0 Å². The highest BCUT2D eigenvalue weighted by atomic mass is 32.2. The molecule has 1 heterocycles. The maximum Gasteiger partial charge on any atom is 0.283 e. The number of aromatic nitrogens is 2. The van der Waals surface area contributed by atoms with E-state index in [1.165, 1.54) is 19.6 Å². The Morgan fingerprint density at radius 1 is 1.37 bits per heavy atom. The van der Waals surface area contributed by atoms with E-state index in [-0.39, 0.29) is 5.03 Å². The van der Waals surface area contributed by atoms with E-state index >= 15 is 0 Å². The van der Waals surface area contributed by atoms with Crippen LogP contribution in [-0.2, 0) is 17.1 Å².